The summed E-state index contributed by atoms with van der Waals surface area (Å²) in [5.41, 5.74) is 4.39. The average molecular weight is 463 g/mol. The Hall–Kier alpha value is -3.58. The van der Waals surface area contributed by atoms with Crippen molar-refractivity contribution in [3.8, 4) is 16.9 Å². The van der Waals surface area contributed by atoms with Crippen LogP contribution in [-0.4, -0.2) is 45.1 Å². The van der Waals surface area contributed by atoms with Gasteiger partial charge in [0.05, 0.1) is 0 Å². The molecule has 3 N–H and O–H groups in total. The molecule has 7 heteroatoms. The maximum atomic E-state index is 13.1. The van der Waals surface area contributed by atoms with Crippen LogP contribution >= 0.6 is 11.8 Å². The monoisotopic (exact) mass is 462 g/mol. The number of thioether (sulfide) groups is 1. The van der Waals surface area contributed by atoms with Crippen LogP contribution in [-0.2, 0) is 4.79 Å². The highest BCUT2D eigenvalue weighted by atomic mass is 32.2. The van der Waals surface area contributed by atoms with Gasteiger partial charge in [0.1, 0.15) is 11.8 Å². The van der Waals surface area contributed by atoms with Crippen LogP contribution in [0.4, 0.5) is 0 Å². The Labute approximate surface area is 197 Å². The predicted molar refractivity (Wildman–Crippen MR) is 133 cm³/mol. The predicted octanol–water partition coefficient (Wildman–Crippen LogP) is 4.87. The van der Waals surface area contributed by atoms with Crippen molar-refractivity contribution in [3.63, 3.8) is 0 Å². The molecule has 0 fully saturated rings. The lowest BCUT2D eigenvalue weighted by Gasteiger charge is -2.17. The first kappa shape index (κ1) is 24.1. The number of benzene rings is 2. The standard InChI is InChI=1S/C26H26N2O4S/c1-17-5-3-4-6-20(17)22-15-18(7-9-19-16-27-13-11-24(19)29)8-10-21(22)25(30)28-23(26(31)32)12-14-33-2/h3-11,13,15-16,23H,12,14H2,1-2H3,(H,27,29)(H,28,30)(H,31,32). The van der Waals surface area contributed by atoms with E-state index in [1.165, 1.54) is 24.0 Å². The molecule has 0 aliphatic heterocycles. The number of aromatic hydroxyl groups is 1. The quantitative estimate of drug-likeness (QED) is 0.420. The van der Waals surface area contributed by atoms with Gasteiger partial charge in [0, 0.05) is 23.5 Å². The van der Waals surface area contributed by atoms with Crippen LogP contribution in [0, 0.1) is 6.92 Å². The summed E-state index contributed by atoms with van der Waals surface area (Å²) >= 11 is 1.53. The SMILES string of the molecule is CSCCC(NC(=O)c1ccc(C=Cc2cnccc2O)cc1-c1ccccc1C)C(=O)O. The molecule has 0 spiro atoms. The smallest absolute Gasteiger partial charge is 0.326 e. The number of nitrogens with one attached hydrogen (secondary N) is 1. The van der Waals surface area contributed by atoms with Crippen molar-refractivity contribution in [3.05, 3.63) is 83.2 Å². The lowest BCUT2D eigenvalue weighted by atomic mass is 9.93. The summed E-state index contributed by atoms with van der Waals surface area (Å²) in [6.07, 6.45) is 8.91. The number of amides is 1. The summed E-state index contributed by atoms with van der Waals surface area (Å²) in [7, 11) is 0. The van der Waals surface area contributed by atoms with E-state index < -0.39 is 17.9 Å². The van der Waals surface area contributed by atoms with Crippen LogP contribution in [0.5, 0.6) is 5.75 Å². The lowest BCUT2D eigenvalue weighted by molar-refractivity contribution is -0.139. The topological polar surface area (TPSA) is 99.5 Å². The molecule has 0 aliphatic rings. The van der Waals surface area contributed by atoms with E-state index >= 15 is 0 Å². The summed E-state index contributed by atoms with van der Waals surface area (Å²) in [4.78, 5) is 28.8. The Morgan fingerprint density at radius 3 is 2.61 bits per heavy atom. The van der Waals surface area contributed by atoms with Crippen molar-refractivity contribution in [2.75, 3.05) is 12.0 Å². The molecule has 2 aromatic carbocycles. The van der Waals surface area contributed by atoms with Gasteiger partial charge in [0.25, 0.3) is 5.91 Å². The van der Waals surface area contributed by atoms with Crippen LogP contribution in [0.3, 0.4) is 0 Å². The van der Waals surface area contributed by atoms with E-state index in [4.69, 9.17) is 0 Å². The number of carboxylic acid groups (broad SMARTS) is 1. The van der Waals surface area contributed by atoms with Gasteiger partial charge in [-0.1, -0.05) is 36.4 Å². The second-order valence-electron chi connectivity index (χ2n) is 7.53. The molecular formula is C26H26N2O4S. The number of carbonyl (C=O) groups is 2. The molecule has 0 radical (unpaired) electrons. The second-order valence-corrected chi connectivity index (χ2v) is 8.52. The van der Waals surface area contributed by atoms with E-state index in [0.717, 1.165) is 16.7 Å². The van der Waals surface area contributed by atoms with Gasteiger partial charge in [0.15, 0.2) is 0 Å². The minimum Gasteiger partial charge on any atom is -0.507 e. The fourth-order valence-corrected chi connectivity index (χ4v) is 3.88. The van der Waals surface area contributed by atoms with E-state index in [0.29, 0.717) is 28.9 Å². The first-order valence-electron chi connectivity index (χ1n) is 10.4. The largest absolute Gasteiger partial charge is 0.507 e. The Morgan fingerprint density at radius 2 is 1.91 bits per heavy atom. The van der Waals surface area contributed by atoms with Gasteiger partial charge in [-0.15, -0.1) is 0 Å². The van der Waals surface area contributed by atoms with E-state index in [1.54, 1.807) is 24.4 Å². The Kier molecular flexibility index (Phi) is 8.27. The number of pyridine rings is 1. The highest BCUT2D eigenvalue weighted by Gasteiger charge is 2.22. The molecule has 1 unspecified atom stereocenters. The van der Waals surface area contributed by atoms with E-state index in [2.05, 4.69) is 10.3 Å². The Balaban J connectivity index is 1.99. The van der Waals surface area contributed by atoms with E-state index in [1.807, 2.05) is 49.6 Å². The number of aryl methyl sites for hydroxylation is 1. The molecule has 0 saturated carbocycles. The average Bonchev–Trinajstić information content (AvgIpc) is 2.81. The number of hydrogen-bond acceptors (Lipinski definition) is 5. The van der Waals surface area contributed by atoms with Gasteiger partial charge in [-0.25, -0.2) is 4.79 Å². The molecule has 3 rings (SSSR count). The number of carbonyl (C=O) groups excluding carboxylic acids is 1. The summed E-state index contributed by atoms with van der Waals surface area (Å²) < 4.78 is 0. The lowest BCUT2D eigenvalue weighted by Crippen LogP contribution is -2.41. The number of aromatic nitrogens is 1. The van der Waals surface area contributed by atoms with Crippen molar-refractivity contribution < 1.29 is 19.8 Å². The molecule has 3 aromatic rings. The van der Waals surface area contributed by atoms with Crippen molar-refractivity contribution in [1.82, 2.24) is 10.3 Å². The highest BCUT2D eigenvalue weighted by molar-refractivity contribution is 7.98. The molecular weight excluding hydrogens is 436 g/mol. The van der Waals surface area contributed by atoms with Gasteiger partial charge >= 0.3 is 5.97 Å². The fourth-order valence-electron chi connectivity index (χ4n) is 3.40. The molecule has 1 aromatic heterocycles. The summed E-state index contributed by atoms with van der Waals surface area (Å²) in [6.45, 7) is 1.96. The molecule has 0 aliphatic carbocycles. The molecule has 1 amide bonds. The minimum atomic E-state index is -1.05. The second kappa shape index (κ2) is 11.3. The Morgan fingerprint density at radius 1 is 1.12 bits per heavy atom. The van der Waals surface area contributed by atoms with Crippen molar-refractivity contribution in [1.29, 1.82) is 0 Å². The molecule has 33 heavy (non-hydrogen) atoms. The molecule has 1 atom stereocenters. The van der Waals surface area contributed by atoms with Gasteiger partial charge in [-0.2, -0.15) is 11.8 Å². The number of carboxylic acids is 1. The van der Waals surface area contributed by atoms with Crippen molar-refractivity contribution >= 4 is 35.8 Å². The van der Waals surface area contributed by atoms with Gasteiger partial charge in [0.2, 0.25) is 0 Å². The van der Waals surface area contributed by atoms with Gasteiger partial charge in [-0.3, -0.25) is 9.78 Å². The zero-order valence-electron chi connectivity index (χ0n) is 18.5. The molecule has 1 heterocycles. The Bertz CT molecular complexity index is 1180. The molecule has 0 bridgehead atoms. The van der Waals surface area contributed by atoms with Gasteiger partial charge < -0.3 is 15.5 Å². The molecule has 6 nitrogen and oxygen atoms in total. The summed E-state index contributed by atoms with van der Waals surface area (Å²) in [6, 6.07) is 13.7. The number of hydrogen-bond donors (Lipinski definition) is 3. The number of aliphatic carboxylic acids is 1. The van der Waals surface area contributed by atoms with Crippen LogP contribution in [0.1, 0.15) is 33.5 Å². The number of nitrogens with zero attached hydrogens (tertiary/aromatic N) is 1. The summed E-state index contributed by atoms with van der Waals surface area (Å²) in [5.74, 6) is -0.721. The maximum Gasteiger partial charge on any atom is 0.326 e. The van der Waals surface area contributed by atoms with Crippen LogP contribution in [0.2, 0.25) is 0 Å². The van der Waals surface area contributed by atoms with E-state index in [-0.39, 0.29) is 5.75 Å². The van der Waals surface area contributed by atoms with Crippen molar-refractivity contribution in [2.45, 2.75) is 19.4 Å². The van der Waals surface area contributed by atoms with Crippen molar-refractivity contribution in [2.24, 2.45) is 0 Å². The third-order valence-corrected chi connectivity index (χ3v) is 5.86. The third-order valence-electron chi connectivity index (χ3n) is 5.22. The first-order chi connectivity index (χ1) is 15.9. The first-order valence-corrected chi connectivity index (χ1v) is 11.8. The molecule has 170 valence electrons. The zero-order valence-corrected chi connectivity index (χ0v) is 19.3. The van der Waals surface area contributed by atoms with E-state index in [9.17, 15) is 19.8 Å². The molecule has 0 saturated heterocycles. The fraction of sp³-hybridized carbons (Fsp3) is 0.192. The van der Waals surface area contributed by atoms with Crippen LogP contribution < -0.4 is 5.32 Å². The minimum absolute atomic E-state index is 0.126. The third kappa shape index (κ3) is 6.23. The van der Waals surface area contributed by atoms with Gasteiger partial charge in [-0.05, 0) is 71.9 Å². The normalized spacial score (nSPS) is 11.9. The van der Waals surface area contributed by atoms with Crippen LogP contribution in [0.15, 0.2) is 60.9 Å². The van der Waals surface area contributed by atoms with Crippen LogP contribution in [0.25, 0.3) is 23.3 Å². The maximum absolute atomic E-state index is 13.1. The zero-order chi connectivity index (χ0) is 23.8. The highest BCUT2D eigenvalue weighted by Crippen LogP contribution is 2.29. The number of rotatable bonds is 9. The summed E-state index contributed by atoms with van der Waals surface area (Å²) in [5, 5.41) is 22.2.